The first-order valence-corrected chi connectivity index (χ1v) is 8.56. The van der Waals surface area contributed by atoms with Crippen LogP contribution >= 0.6 is 0 Å². The van der Waals surface area contributed by atoms with Gasteiger partial charge in [0.15, 0.2) is 6.61 Å². The Morgan fingerprint density at radius 2 is 1.76 bits per heavy atom. The maximum atomic E-state index is 12.4. The molecule has 1 aliphatic rings. The smallest absolute Gasteiger partial charge is 0.260 e. The van der Waals surface area contributed by atoms with Crippen LogP contribution in [0.2, 0.25) is 0 Å². The Balaban J connectivity index is 1.52. The average Bonchev–Trinajstić information content (AvgIpc) is 2.68. The largest absolute Gasteiger partial charge is 0.494 e. The Morgan fingerprint density at radius 3 is 2.44 bits per heavy atom. The van der Waals surface area contributed by atoms with Crippen molar-refractivity contribution in [2.45, 2.75) is 13.0 Å². The summed E-state index contributed by atoms with van der Waals surface area (Å²) in [5, 5.41) is 0. The molecule has 1 aliphatic heterocycles. The Kier molecular flexibility index (Phi) is 5.90. The van der Waals surface area contributed by atoms with Gasteiger partial charge >= 0.3 is 0 Å². The lowest BCUT2D eigenvalue weighted by atomic mass is 10.1. The standard InChI is InChI=1S/C20H23NO4/c1-2-23-17-8-10-18(11-9-17)25-15-20(22)21-12-13-24-19(14-21)16-6-4-3-5-7-16/h3-11,19H,2,12-15H2,1H3. The van der Waals surface area contributed by atoms with E-state index < -0.39 is 0 Å². The van der Waals surface area contributed by atoms with Crippen LogP contribution in [0.4, 0.5) is 0 Å². The summed E-state index contributed by atoms with van der Waals surface area (Å²) in [5.41, 5.74) is 1.09. The Bertz CT molecular complexity index is 672. The lowest BCUT2D eigenvalue weighted by Crippen LogP contribution is -2.44. The molecule has 5 heteroatoms. The van der Waals surface area contributed by atoms with Crippen molar-refractivity contribution >= 4 is 5.91 Å². The zero-order valence-electron chi connectivity index (χ0n) is 14.4. The quantitative estimate of drug-likeness (QED) is 0.810. The van der Waals surface area contributed by atoms with E-state index in [9.17, 15) is 4.79 Å². The number of carbonyl (C=O) groups is 1. The number of carbonyl (C=O) groups excluding carboxylic acids is 1. The third-order valence-electron chi connectivity index (χ3n) is 4.09. The summed E-state index contributed by atoms with van der Waals surface area (Å²) in [6, 6.07) is 17.3. The van der Waals surface area contributed by atoms with E-state index in [1.807, 2.05) is 61.5 Å². The first-order valence-electron chi connectivity index (χ1n) is 8.56. The lowest BCUT2D eigenvalue weighted by molar-refractivity contribution is -0.141. The molecule has 1 atom stereocenters. The summed E-state index contributed by atoms with van der Waals surface area (Å²) in [5.74, 6) is 1.42. The first-order chi connectivity index (χ1) is 12.3. The molecule has 0 spiro atoms. The highest BCUT2D eigenvalue weighted by atomic mass is 16.5. The zero-order valence-corrected chi connectivity index (χ0v) is 14.4. The number of rotatable bonds is 6. The van der Waals surface area contributed by atoms with Crippen LogP contribution in [0.15, 0.2) is 54.6 Å². The van der Waals surface area contributed by atoms with Crippen LogP contribution in [0, 0.1) is 0 Å². The van der Waals surface area contributed by atoms with Crippen LogP contribution in [-0.2, 0) is 9.53 Å². The molecule has 132 valence electrons. The molecule has 0 aliphatic carbocycles. The van der Waals surface area contributed by atoms with Crippen molar-refractivity contribution in [2.75, 3.05) is 32.9 Å². The van der Waals surface area contributed by atoms with Gasteiger partial charge in [0.1, 0.15) is 17.6 Å². The van der Waals surface area contributed by atoms with Gasteiger partial charge in [-0.05, 0) is 36.8 Å². The number of nitrogens with zero attached hydrogens (tertiary/aromatic N) is 1. The second-order valence-corrected chi connectivity index (χ2v) is 5.80. The third kappa shape index (κ3) is 4.73. The van der Waals surface area contributed by atoms with Crippen LogP contribution < -0.4 is 9.47 Å². The predicted octanol–water partition coefficient (Wildman–Crippen LogP) is 3.06. The number of hydrogen-bond donors (Lipinski definition) is 0. The van der Waals surface area contributed by atoms with Crippen molar-refractivity contribution in [3.63, 3.8) is 0 Å². The maximum absolute atomic E-state index is 12.4. The fourth-order valence-electron chi connectivity index (χ4n) is 2.78. The minimum Gasteiger partial charge on any atom is -0.494 e. The van der Waals surface area contributed by atoms with E-state index in [2.05, 4.69) is 0 Å². The SMILES string of the molecule is CCOc1ccc(OCC(=O)N2CCOC(c3ccccc3)C2)cc1. The number of hydrogen-bond acceptors (Lipinski definition) is 4. The molecule has 0 radical (unpaired) electrons. The first kappa shape index (κ1) is 17.3. The van der Waals surface area contributed by atoms with E-state index in [1.54, 1.807) is 4.90 Å². The van der Waals surface area contributed by atoms with Gasteiger partial charge in [-0.3, -0.25) is 4.79 Å². The number of ether oxygens (including phenoxy) is 3. The topological polar surface area (TPSA) is 48.0 Å². The Hall–Kier alpha value is -2.53. The number of amides is 1. The molecule has 1 unspecified atom stereocenters. The van der Waals surface area contributed by atoms with E-state index in [-0.39, 0.29) is 18.6 Å². The van der Waals surface area contributed by atoms with Gasteiger partial charge in [0.25, 0.3) is 5.91 Å². The Morgan fingerprint density at radius 1 is 1.08 bits per heavy atom. The molecule has 0 aromatic heterocycles. The van der Waals surface area contributed by atoms with Gasteiger partial charge in [-0.1, -0.05) is 30.3 Å². The summed E-state index contributed by atoms with van der Waals surface area (Å²) in [4.78, 5) is 14.2. The molecule has 0 saturated carbocycles. The molecule has 1 saturated heterocycles. The van der Waals surface area contributed by atoms with Gasteiger partial charge in [0.2, 0.25) is 0 Å². The fourth-order valence-corrected chi connectivity index (χ4v) is 2.78. The monoisotopic (exact) mass is 341 g/mol. The maximum Gasteiger partial charge on any atom is 0.260 e. The van der Waals surface area contributed by atoms with Gasteiger partial charge < -0.3 is 19.1 Å². The minimum absolute atomic E-state index is 0.0233. The normalized spacial score (nSPS) is 17.2. The summed E-state index contributed by atoms with van der Waals surface area (Å²) >= 11 is 0. The van der Waals surface area contributed by atoms with Crippen LogP contribution in [-0.4, -0.2) is 43.7 Å². The second-order valence-electron chi connectivity index (χ2n) is 5.80. The lowest BCUT2D eigenvalue weighted by Gasteiger charge is -2.33. The molecule has 5 nitrogen and oxygen atoms in total. The summed E-state index contributed by atoms with van der Waals surface area (Å²) < 4.78 is 16.8. The van der Waals surface area contributed by atoms with Gasteiger partial charge in [-0.2, -0.15) is 0 Å². The van der Waals surface area contributed by atoms with Gasteiger partial charge in [-0.25, -0.2) is 0 Å². The van der Waals surface area contributed by atoms with Crippen molar-refractivity contribution in [1.82, 2.24) is 4.90 Å². The predicted molar refractivity (Wildman–Crippen MR) is 94.8 cm³/mol. The van der Waals surface area contributed by atoms with Crippen molar-refractivity contribution in [2.24, 2.45) is 0 Å². The van der Waals surface area contributed by atoms with Crippen molar-refractivity contribution < 1.29 is 19.0 Å². The van der Waals surface area contributed by atoms with Gasteiger partial charge in [0.05, 0.1) is 19.8 Å². The van der Waals surface area contributed by atoms with Crippen LogP contribution in [0.3, 0.4) is 0 Å². The van der Waals surface area contributed by atoms with E-state index in [1.165, 1.54) is 0 Å². The Labute approximate surface area is 148 Å². The molecule has 2 aromatic rings. The highest BCUT2D eigenvalue weighted by molar-refractivity contribution is 5.78. The van der Waals surface area contributed by atoms with Gasteiger partial charge in [-0.15, -0.1) is 0 Å². The van der Waals surface area contributed by atoms with Gasteiger partial charge in [0, 0.05) is 6.54 Å². The fraction of sp³-hybridized carbons (Fsp3) is 0.350. The number of benzene rings is 2. The molecule has 1 heterocycles. The third-order valence-corrected chi connectivity index (χ3v) is 4.09. The summed E-state index contributed by atoms with van der Waals surface area (Å²) in [6.45, 7) is 4.26. The molecule has 1 amide bonds. The van der Waals surface area contributed by atoms with Crippen molar-refractivity contribution in [3.05, 3.63) is 60.2 Å². The molecule has 2 aromatic carbocycles. The molecule has 3 rings (SSSR count). The molecular weight excluding hydrogens is 318 g/mol. The zero-order chi connectivity index (χ0) is 17.5. The van der Waals surface area contributed by atoms with E-state index in [4.69, 9.17) is 14.2 Å². The van der Waals surface area contributed by atoms with E-state index in [0.29, 0.717) is 32.1 Å². The minimum atomic E-state index is -0.0793. The highest BCUT2D eigenvalue weighted by Crippen LogP contribution is 2.22. The molecular formula is C20H23NO4. The van der Waals surface area contributed by atoms with Crippen molar-refractivity contribution in [3.8, 4) is 11.5 Å². The summed E-state index contributed by atoms with van der Waals surface area (Å²) in [7, 11) is 0. The van der Waals surface area contributed by atoms with Crippen LogP contribution in [0.1, 0.15) is 18.6 Å². The molecule has 0 bridgehead atoms. The van der Waals surface area contributed by atoms with Crippen LogP contribution in [0.5, 0.6) is 11.5 Å². The van der Waals surface area contributed by atoms with E-state index in [0.717, 1.165) is 11.3 Å². The van der Waals surface area contributed by atoms with Crippen molar-refractivity contribution in [1.29, 1.82) is 0 Å². The van der Waals surface area contributed by atoms with Crippen LogP contribution in [0.25, 0.3) is 0 Å². The average molecular weight is 341 g/mol. The number of morpholine rings is 1. The summed E-state index contributed by atoms with van der Waals surface area (Å²) in [6.07, 6.45) is -0.0793. The highest BCUT2D eigenvalue weighted by Gasteiger charge is 2.25. The molecule has 25 heavy (non-hydrogen) atoms. The molecule has 1 fully saturated rings. The second kappa shape index (κ2) is 8.53. The molecule has 0 N–H and O–H groups in total. The van der Waals surface area contributed by atoms with E-state index >= 15 is 0 Å².